The lowest BCUT2D eigenvalue weighted by molar-refractivity contribution is -0.527. The van der Waals surface area contributed by atoms with Crippen LogP contribution in [0.4, 0.5) is 4.79 Å². The first kappa shape index (κ1) is 37.8. The lowest BCUT2D eigenvalue weighted by Gasteiger charge is -2.40. The second kappa shape index (κ2) is 16.6. The third kappa shape index (κ3) is 9.78. The first-order valence-corrected chi connectivity index (χ1v) is 17.3. The predicted molar refractivity (Wildman–Crippen MR) is 177 cm³/mol. The number of nitro groups is 1. The minimum atomic E-state index is -4.26. The number of aliphatic hydroxyl groups excluding tert-OH is 1. The number of hydrazine groups is 1. The highest BCUT2D eigenvalue weighted by Gasteiger charge is 2.49. The van der Waals surface area contributed by atoms with Crippen molar-refractivity contribution in [2.75, 3.05) is 47.1 Å². The summed E-state index contributed by atoms with van der Waals surface area (Å²) in [4.78, 5) is 29.1. The van der Waals surface area contributed by atoms with Crippen LogP contribution in [-0.2, 0) is 30.7 Å². The van der Waals surface area contributed by atoms with Gasteiger partial charge in [0.2, 0.25) is 10.0 Å². The Morgan fingerprint density at radius 3 is 2.47 bits per heavy atom. The van der Waals surface area contributed by atoms with Gasteiger partial charge in [0, 0.05) is 25.6 Å². The van der Waals surface area contributed by atoms with Gasteiger partial charge in [0.15, 0.2) is 11.3 Å². The highest BCUT2D eigenvalue weighted by Crippen LogP contribution is 2.36. The maximum Gasteiger partial charge on any atom is 0.407 e. The van der Waals surface area contributed by atoms with E-state index in [-0.39, 0.29) is 49.4 Å². The molecule has 0 spiro atoms. The number of aliphatic imine (C=N–C) groups is 1. The number of aliphatic hydroxyl groups is 1. The molecule has 0 bridgehead atoms. The van der Waals surface area contributed by atoms with Gasteiger partial charge in [-0.3, -0.25) is 4.90 Å². The number of nitrogens with zero attached hydrogens (tertiary/aromatic N) is 4. The first-order chi connectivity index (χ1) is 23.3. The number of hydrogen-bond acceptors (Lipinski definition) is 11. The molecule has 270 valence electrons. The van der Waals surface area contributed by atoms with Crippen LogP contribution in [0.25, 0.3) is 0 Å². The number of nitrogens with one attached hydrogen (secondary N) is 1. The van der Waals surface area contributed by atoms with Gasteiger partial charge in [0.1, 0.15) is 5.75 Å². The number of hydrogen-bond donors (Lipinski definition) is 3. The van der Waals surface area contributed by atoms with Crippen molar-refractivity contribution >= 4 is 22.1 Å². The molecule has 3 N–H and O–H groups in total. The van der Waals surface area contributed by atoms with E-state index in [1.165, 1.54) is 43.4 Å². The molecular formula is C32H45N5O11S. The van der Waals surface area contributed by atoms with Gasteiger partial charge >= 0.3 is 12.1 Å². The summed E-state index contributed by atoms with van der Waals surface area (Å²) in [6.45, 7) is 3.63. The molecule has 17 heteroatoms. The highest BCUT2D eigenvalue weighted by molar-refractivity contribution is 7.89. The number of carboxylic acid groups (broad SMARTS) is 1. The third-order valence-electron chi connectivity index (χ3n) is 8.79. The molecule has 4 rings (SSSR count). The normalized spacial score (nSPS) is 20.8. The van der Waals surface area contributed by atoms with E-state index < -0.39 is 57.6 Å². The number of ether oxygens (including phenoxy) is 4. The van der Waals surface area contributed by atoms with Crippen molar-refractivity contribution in [3.05, 3.63) is 70.3 Å². The van der Waals surface area contributed by atoms with Crippen LogP contribution in [0, 0.1) is 21.4 Å². The van der Waals surface area contributed by atoms with E-state index >= 15 is 0 Å². The first-order valence-electron chi connectivity index (χ1n) is 15.9. The number of carbonyl (C=O) groups is 1. The monoisotopic (exact) mass is 707 g/mol. The Morgan fingerprint density at radius 1 is 1.16 bits per heavy atom. The number of amidine groups is 1. The van der Waals surface area contributed by atoms with E-state index in [0.29, 0.717) is 18.8 Å². The molecule has 0 aliphatic carbocycles. The van der Waals surface area contributed by atoms with Crippen LogP contribution in [0.3, 0.4) is 0 Å². The lowest BCUT2D eigenvalue weighted by atomic mass is 9.89. The smallest absolute Gasteiger partial charge is 0.407 e. The van der Waals surface area contributed by atoms with Crippen LogP contribution in [0.1, 0.15) is 32.3 Å². The minimum Gasteiger partial charge on any atom is -0.497 e. The molecule has 5 atom stereocenters. The van der Waals surface area contributed by atoms with Crippen LogP contribution in [0.2, 0.25) is 0 Å². The van der Waals surface area contributed by atoms with Gasteiger partial charge in [-0.2, -0.15) is 4.31 Å². The molecule has 0 saturated carbocycles. The Bertz CT molecular complexity index is 1540. The Labute approximate surface area is 285 Å². The molecule has 1 amide bonds. The number of sulfonamides is 1. The SMILES string of the molecule is COC(=NCCC(C)(C)CN(C[C@@H](O)[C@H](Cc1ccccc1)N(C(=O)O)[C@H]1CO[C@H]2OCC[C@H]21)S(=O)(=O)c1ccc(OC)cc1)N[N+](=O)[O-]. The average Bonchev–Trinajstić information content (AvgIpc) is 3.69. The van der Waals surface area contributed by atoms with E-state index in [9.17, 15) is 33.5 Å². The van der Waals surface area contributed by atoms with Crippen LogP contribution < -0.4 is 10.2 Å². The molecule has 0 unspecified atom stereocenters. The molecule has 49 heavy (non-hydrogen) atoms. The Hall–Kier alpha value is -4.03. The van der Waals surface area contributed by atoms with Gasteiger partial charge in [0.25, 0.3) is 0 Å². The largest absolute Gasteiger partial charge is 0.497 e. The Morgan fingerprint density at radius 2 is 1.86 bits per heavy atom. The van der Waals surface area contributed by atoms with E-state index in [1.54, 1.807) is 13.8 Å². The van der Waals surface area contributed by atoms with Gasteiger partial charge in [-0.05, 0) is 54.5 Å². The zero-order chi connectivity index (χ0) is 35.8. The number of benzene rings is 2. The summed E-state index contributed by atoms with van der Waals surface area (Å²) in [5, 5.41) is 32.6. The van der Waals surface area contributed by atoms with Gasteiger partial charge in [-0.25, -0.2) is 28.3 Å². The van der Waals surface area contributed by atoms with E-state index in [1.807, 2.05) is 35.8 Å². The molecule has 0 radical (unpaired) electrons. The van der Waals surface area contributed by atoms with Crippen molar-refractivity contribution in [2.45, 2.75) is 62.5 Å². The molecular weight excluding hydrogens is 662 g/mol. The summed E-state index contributed by atoms with van der Waals surface area (Å²) in [6, 6.07) is 13.0. The Balaban J connectivity index is 1.68. The van der Waals surface area contributed by atoms with Crippen LogP contribution in [0.5, 0.6) is 5.75 Å². The van der Waals surface area contributed by atoms with Crippen molar-refractivity contribution < 1.29 is 47.4 Å². The summed E-state index contributed by atoms with van der Waals surface area (Å²) in [5.41, 5.74) is 1.85. The number of rotatable bonds is 16. The molecule has 2 aliphatic heterocycles. The zero-order valence-electron chi connectivity index (χ0n) is 28.0. The van der Waals surface area contributed by atoms with Gasteiger partial charge < -0.3 is 29.2 Å². The van der Waals surface area contributed by atoms with Crippen molar-refractivity contribution in [1.82, 2.24) is 14.6 Å². The number of fused-ring (bicyclic) bond motifs is 1. The fourth-order valence-electron chi connectivity index (χ4n) is 6.25. The zero-order valence-corrected chi connectivity index (χ0v) is 28.8. The van der Waals surface area contributed by atoms with Gasteiger partial charge in [-0.1, -0.05) is 49.6 Å². The van der Waals surface area contributed by atoms with Crippen molar-refractivity contribution in [1.29, 1.82) is 0 Å². The minimum absolute atomic E-state index is 0.0454. The standard InChI is InChI=1S/C32H45N5O11S/c1-32(2,15-16-33-30(46-4)34-37(41)42)21-35(49(43,44)24-12-10-23(45-3)11-13-24)19-28(38)26(18-22-8-6-5-7-9-22)36(31(39)40)27-20-48-29-25(27)14-17-47-29/h5-13,25-29,38H,14-21H2,1-4H3,(H,33,34)(H,39,40)/t25-,26-,27-,28+,29+/m0/s1. The second-order valence-electron chi connectivity index (χ2n) is 12.8. The lowest BCUT2D eigenvalue weighted by Crippen LogP contribution is -2.58. The molecule has 2 aromatic rings. The summed E-state index contributed by atoms with van der Waals surface area (Å²) in [5.74, 6) is 0.219. The molecule has 2 heterocycles. The third-order valence-corrected chi connectivity index (χ3v) is 10.6. The molecule has 2 aromatic carbocycles. The molecule has 2 fully saturated rings. The van der Waals surface area contributed by atoms with Crippen molar-refractivity contribution in [2.24, 2.45) is 16.3 Å². The van der Waals surface area contributed by atoms with Gasteiger partial charge in [0.05, 0.1) is 50.5 Å². The summed E-state index contributed by atoms with van der Waals surface area (Å²) in [6.07, 6.45) is -2.30. The van der Waals surface area contributed by atoms with E-state index in [0.717, 1.165) is 9.87 Å². The topological polar surface area (TPSA) is 203 Å². The summed E-state index contributed by atoms with van der Waals surface area (Å²) in [7, 11) is -1.56. The van der Waals surface area contributed by atoms with Gasteiger partial charge in [-0.15, -0.1) is 0 Å². The van der Waals surface area contributed by atoms with Crippen LogP contribution in [-0.4, -0.2) is 117 Å². The molecule has 16 nitrogen and oxygen atoms in total. The maximum absolute atomic E-state index is 14.3. The van der Waals surface area contributed by atoms with Crippen LogP contribution >= 0.6 is 0 Å². The van der Waals surface area contributed by atoms with Crippen molar-refractivity contribution in [3.8, 4) is 5.75 Å². The fourth-order valence-corrected chi connectivity index (χ4v) is 7.90. The van der Waals surface area contributed by atoms with Crippen molar-refractivity contribution in [3.63, 3.8) is 0 Å². The highest BCUT2D eigenvalue weighted by atomic mass is 32.2. The predicted octanol–water partition coefficient (Wildman–Crippen LogP) is 2.60. The Kier molecular flexibility index (Phi) is 12.8. The molecule has 2 saturated heterocycles. The number of amides is 1. The second-order valence-corrected chi connectivity index (χ2v) is 14.7. The molecule has 0 aromatic heterocycles. The quantitative estimate of drug-likeness (QED) is 0.0998. The summed E-state index contributed by atoms with van der Waals surface area (Å²) < 4.78 is 51.2. The summed E-state index contributed by atoms with van der Waals surface area (Å²) >= 11 is 0. The maximum atomic E-state index is 14.3. The number of methoxy groups -OCH3 is 2. The molecule has 2 aliphatic rings. The van der Waals surface area contributed by atoms with Crippen LogP contribution in [0.15, 0.2) is 64.5 Å². The van der Waals surface area contributed by atoms with E-state index in [2.05, 4.69) is 4.99 Å². The fraction of sp³-hybridized carbons (Fsp3) is 0.562. The van der Waals surface area contributed by atoms with E-state index in [4.69, 9.17) is 18.9 Å². The average molecular weight is 708 g/mol.